The molecule has 1 fully saturated rings. The minimum absolute atomic E-state index is 0.0515. The molecule has 22 heavy (non-hydrogen) atoms. The van der Waals surface area contributed by atoms with Gasteiger partial charge in [0.05, 0.1) is 25.0 Å². The zero-order chi connectivity index (χ0) is 16.0. The van der Waals surface area contributed by atoms with Gasteiger partial charge in [0, 0.05) is 12.2 Å². The molecule has 2 rings (SSSR count). The topological polar surface area (TPSA) is 79.4 Å². The number of carbonyl (C=O) groups is 1. The van der Waals surface area contributed by atoms with Crippen molar-refractivity contribution in [1.82, 2.24) is 14.6 Å². The first-order valence-electron chi connectivity index (χ1n) is 7.60. The van der Waals surface area contributed by atoms with Crippen LogP contribution in [0, 0.1) is 0 Å². The highest BCUT2D eigenvalue weighted by molar-refractivity contribution is 7.88. The molecule has 0 aliphatic heterocycles. The number of sulfonamides is 1. The van der Waals surface area contributed by atoms with Gasteiger partial charge < -0.3 is 5.32 Å². The van der Waals surface area contributed by atoms with Gasteiger partial charge >= 0.3 is 0 Å². The van der Waals surface area contributed by atoms with Crippen molar-refractivity contribution in [3.8, 4) is 0 Å². The molecule has 1 amide bonds. The minimum Gasteiger partial charge on any atom is -0.349 e. The van der Waals surface area contributed by atoms with Crippen molar-refractivity contribution >= 4 is 15.9 Å². The average Bonchev–Trinajstić information content (AvgIpc) is 2.51. The van der Waals surface area contributed by atoms with E-state index in [4.69, 9.17) is 0 Å². The summed E-state index contributed by atoms with van der Waals surface area (Å²) < 4.78 is 25.3. The Hall–Kier alpha value is -1.47. The van der Waals surface area contributed by atoms with Crippen LogP contribution in [-0.2, 0) is 21.4 Å². The fourth-order valence-corrected chi connectivity index (χ4v) is 3.88. The van der Waals surface area contributed by atoms with Gasteiger partial charge in [-0.05, 0) is 25.0 Å². The van der Waals surface area contributed by atoms with Crippen LogP contribution >= 0.6 is 0 Å². The van der Waals surface area contributed by atoms with Gasteiger partial charge in [-0.2, -0.15) is 4.31 Å². The zero-order valence-electron chi connectivity index (χ0n) is 12.9. The van der Waals surface area contributed by atoms with Gasteiger partial charge in [0.15, 0.2) is 0 Å². The van der Waals surface area contributed by atoms with Gasteiger partial charge in [-0.25, -0.2) is 8.42 Å². The first-order chi connectivity index (χ1) is 10.5. The standard InChI is InChI=1S/C15H23N3O3S/c1-22(20,21)18(14-8-3-2-4-9-14)12-15(19)17-11-13-7-5-6-10-16-13/h5-7,10,14H,2-4,8-9,11-12H2,1H3,(H,17,19). The first-order valence-corrected chi connectivity index (χ1v) is 9.45. The molecule has 1 aromatic heterocycles. The quantitative estimate of drug-likeness (QED) is 0.855. The molecule has 122 valence electrons. The summed E-state index contributed by atoms with van der Waals surface area (Å²) in [6, 6.07) is 5.42. The van der Waals surface area contributed by atoms with E-state index in [1.54, 1.807) is 12.3 Å². The van der Waals surface area contributed by atoms with Crippen LogP contribution in [0.1, 0.15) is 37.8 Å². The van der Waals surface area contributed by atoms with Crippen molar-refractivity contribution < 1.29 is 13.2 Å². The Kier molecular flexibility index (Phi) is 5.90. The minimum atomic E-state index is -3.39. The summed E-state index contributed by atoms with van der Waals surface area (Å²) in [5, 5.41) is 2.73. The second-order valence-electron chi connectivity index (χ2n) is 5.70. The molecular weight excluding hydrogens is 302 g/mol. The van der Waals surface area contributed by atoms with E-state index in [9.17, 15) is 13.2 Å². The van der Waals surface area contributed by atoms with E-state index < -0.39 is 10.0 Å². The third-order valence-electron chi connectivity index (χ3n) is 3.90. The molecule has 1 aliphatic rings. The molecule has 1 heterocycles. The molecule has 0 saturated heterocycles. The Balaban J connectivity index is 1.93. The molecule has 0 bridgehead atoms. The largest absolute Gasteiger partial charge is 0.349 e. The van der Waals surface area contributed by atoms with Crippen molar-refractivity contribution in [3.63, 3.8) is 0 Å². The lowest BCUT2D eigenvalue weighted by atomic mass is 9.95. The molecule has 7 heteroatoms. The second kappa shape index (κ2) is 7.69. The third-order valence-corrected chi connectivity index (χ3v) is 5.18. The number of rotatable bonds is 6. The monoisotopic (exact) mass is 325 g/mol. The smallest absolute Gasteiger partial charge is 0.235 e. The van der Waals surface area contributed by atoms with Gasteiger partial charge in [0.25, 0.3) is 0 Å². The number of nitrogens with one attached hydrogen (secondary N) is 1. The van der Waals surface area contributed by atoms with Crippen molar-refractivity contribution in [3.05, 3.63) is 30.1 Å². The molecule has 1 aliphatic carbocycles. The fourth-order valence-electron chi connectivity index (χ4n) is 2.78. The number of carbonyl (C=O) groups excluding carboxylic acids is 1. The normalized spacial score (nSPS) is 16.6. The number of hydrogen-bond donors (Lipinski definition) is 1. The summed E-state index contributed by atoms with van der Waals surface area (Å²) in [4.78, 5) is 16.2. The Morgan fingerprint density at radius 1 is 1.32 bits per heavy atom. The van der Waals surface area contributed by atoms with E-state index in [0.717, 1.165) is 37.8 Å². The molecule has 1 aromatic rings. The Morgan fingerprint density at radius 2 is 2.05 bits per heavy atom. The maximum absolute atomic E-state index is 12.1. The highest BCUT2D eigenvalue weighted by atomic mass is 32.2. The van der Waals surface area contributed by atoms with Gasteiger partial charge in [0.1, 0.15) is 0 Å². The molecule has 6 nitrogen and oxygen atoms in total. The fraction of sp³-hybridized carbons (Fsp3) is 0.600. The highest BCUT2D eigenvalue weighted by Crippen LogP contribution is 2.24. The van der Waals surface area contributed by atoms with Crippen LogP contribution in [0.15, 0.2) is 24.4 Å². The van der Waals surface area contributed by atoms with Crippen LogP contribution < -0.4 is 5.32 Å². The molecule has 0 atom stereocenters. The highest BCUT2D eigenvalue weighted by Gasteiger charge is 2.29. The van der Waals surface area contributed by atoms with E-state index in [1.807, 2.05) is 12.1 Å². The maximum Gasteiger partial charge on any atom is 0.235 e. The molecule has 0 unspecified atom stereocenters. The van der Waals surface area contributed by atoms with Crippen LogP contribution in [0.4, 0.5) is 0 Å². The molecule has 0 spiro atoms. The first kappa shape index (κ1) is 16.9. The number of amides is 1. The Labute approximate surface area is 132 Å². The van der Waals surface area contributed by atoms with Crippen LogP contribution in [0.3, 0.4) is 0 Å². The predicted molar refractivity (Wildman–Crippen MR) is 84.5 cm³/mol. The van der Waals surface area contributed by atoms with Gasteiger partial charge in [-0.15, -0.1) is 0 Å². The van der Waals surface area contributed by atoms with Gasteiger partial charge in [-0.3, -0.25) is 9.78 Å². The van der Waals surface area contributed by atoms with Crippen molar-refractivity contribution in [2.24, 2.45) is 0 Å². The molecule has 0 radical (unpaired) electrons. The number of pyridine rings is 1. The van der Waals surface area contributed by atoms with Gasteiger partial charge in [-0.1, -0.05) is 25.3 Å². The summed E-state index contributed by atoms with van der Waals surface area (Å²) in [6.07, 6.45) is 7.68. The van der Waals surface area contributed by atoms with Crippen molar-refractivity contribution in [2.45, 2.75) is 44.7 Å². The maximum atomic E-state index is 12.1. The van der Waals surface area contributed by atoms with Crippen LogP contribution in [0.2, 0.25) is 0 Å². The van der Waals surface area contributed by atoms with E-state index in [-0.39, 0.29) is 18.5 Å². The Morgan fingerprint density at radius 3 is 2.64 bits per heavy atom. The summed E-state index contributed by atoms with van der Waals surface area (Å²) >= 11 is 0. The van der Waals surface area contributed by atoms with E-state index in [0.29, 0.717) is 6.54 Å². The Bertz CT molecular complexity index is 583. The summed E-state index contributed by atoms with van der Waals surface area (Å²) in [5.74, 6) is -0.290. The molecule has 1 saturated carbocycles. The number of aromatic nitrogens is 1. The summed E-state index contributed by atoms with van der Waals surface area (Å²) in [6.45, 7) is 0.193. The SMILES string of the molecule is CS(=O)(=O)N(CC(=O)NCc1ccccn1)C1CCCCC1. The lowest BCUT2D eigenvalue weighted by Gasteiger charge is -2.31. The molecular formula is C15H23N3O3S. The summed E-state index contributed by atoms with van der Waals surface area (Å²) in [7, 11) is -3.39. The van der Waals surface area contributed by atoms with Gasteiger partial charge in [0.2, 0.25) is 15.9 Å². The van der Waals surface area contributed by atoms with Crippen LogP contribution in [0.25, 0.3) is 0 Å². The average molecular weight is 325 g/mol. The third kappa shape index (κ3) is 5.06. The van der Waals surface area contributed by atoms with Crippen LogP contribution in [0.5, 0.6) is 0 Å². The number of nitrogens with zero attached hydrogens (tertiary/aromatic N) is 2. The second-order valence-corrected chi connectivity index (χ2v) is 7.63. The van der Waals surface area contributed by atoms with E-state index in [2.05, 4.69) is 10.3 Å². The zero-order valence-corrected chi connectivity index (χ0v) is 13.7. The molecule has 1 N–H and O–H groups in total. The lowest BCUT2D eigenvalue weighted by molar-refractivity contribution is -0.121. The van der Waals surface area contributed by atoms with Crippen molar-refractivity contribution in [2.75, 3.05) is 12.8 Å². The van der Waals surface area contributed by atoms with E-state index in [1.165, 1.54) is 10.6 Å². The number of hydrogen-bond acceptors (Lipinski definition) is 4. The lowest BCUT2D eigenvalue weighted by Crippen LogP contribution is -2.46. The van der Waals surface area contributed by atoms with E-state index >= 15 is 0 Å². The summed E-state index contributed by atoms with van der Waals surface area (Å²) in [5.41, 5.74) is 0.749. The predicted octanol–water partition coefficient (Wildman–Crippen LogP) is 1.29. The molecule has 0 aromatic carbocycles. The van der Waals surface area contributed by atoms with Crippen LogP contribution in [-0.4, -0.2) is 42.5 Å². The van der Waals surface area contributed by atoms with Crippen molar-refractivity contribution in [1.29, 1.82) is 0 Å².